The molecule has 0 aliphatic rings. The fourth-order valence-corrected chi connectivity index (χ4v) is 2.97. The smallest absolute Gasteiger partial charge is 0.169 e. The molecule has 0 fully saturated rings. The third-order valence-corrected chi connectivity index (χ3v) is 4.55. The van der Waals surface area contributed by atoms with E-state index in [-0.39, 0.29) is 0 Å². The molecule has 0 amide bonds. The molecule has 0 radical (unpaired) electrons. The van der Waals surface area contributed by atoms with Crippen LogP contribution in [0, 0.1) is 0 Å². The topological polar surface area (TPSA) is 61.1 Å². The molecule has 4 nitrogen and oxygen atoms in total. The van der Waals surface area contributed by atoms with Crippen LogP contribution in [0.1, 0.15) is 96.5 Å². The van der Waals surface area contributed by atoms with E-state index >= 15 is 0 Å². The third-order valence-electron chi connectivity index (χ3n) is 4.55. The second-order valence-electron chi connectivity index (χ2n) is 7.43. The summed E-state index contributed by atoms with van der Waals surface area (Å²) >= 11 is 0. The highest BCUT2D eigenvalue weighted by molar-refractivity contribution is 7.84. The Bertz CT molecular complexity index is 533. The van der Waals surface area contributed by atoms with E-state index in [1.807, 2.05) is 0 Å². The summed E-state index contributed by atoms with van der Waals surface area (Å²) in [5.41, 5.74) is 1.49. The van der Waals surface area contributed by atoms with Crippen molar-refractivity contribution in [1.29, 1.82) is 0 Å². The van der Waals surface area contributed by atoms with Crippen LogP contribution in [0.5, 0.6) is 0 Å². The summed E-state index contributed by atoms with van der Waals surface area (Å²) < 4.78 is 29.6. The van der Waals surface area contributed by atoms with Crippen LogP contribution < -0.4 is 4.57 Å². The first-order valence-electron chi connectivity index (χ1n) is 10.8. The molecule has 0 spiro atoms. The predicted octanol–water partition coefficient (Wildman–Crippen LogP) is 5.40. The van der Waals surface area contributed by atoms with Crippen LogP contribution in [0.2, 0.25) is 0 Å². The fourth-order valence-electron chi connectivity index (χ4n) is 2.97. The fraction of sp³-hybridized carbons (Fsp3) is 0.773. The van der Waals surface area contributed by atoms with Crippen LogP contribution in [0.3, 0.4) is 0 Å². The largest absolute Gasteiger partial charge is 0.748 e. The molecule has 158 valence electrons. The highest BCUT2D eigenvalue weighted by Gasteiger charge is 2.01. The van der Waals surface area contributed by atoms with E-state index in [4.69, 9.17) is 13.0 Å². The number of rotatable bonds is 14. The van der Waals surface area contributed by atoms with E-state index in [1.54, 1.807) is 0 Å². The number of aromatic nitrogens is 1. The number of hydrogen-bond donors (Lipinski definition) is 0. The van der Waals surface area contributed by atoms with Gasteiger partial charge in [0.15, 0.2) is 12.4 Å². The molecule has 0 bridgehead atoms. The van der Waals surface area contributed by atoms with Gasteiger partial charge >= 0.3 is 0 Å². The molecule has 1 aromatic heterocycles. The summed E-state index contributed by atoms with van der Waals surface area (Å²) in [7, 11) is -3.92. The molecule has 1 aromatic rings. The number of nitrogens with zero attached hydrogens (tertiary/aromatic N) is 1. The molecule has 0 aliphatic carbocycles. The minimum atomic E-state index is -3.92. The van der Waals surface area contributed by atoms with Crippen molar-refractivity contribution in [3.63, 3.8) is 0 Å². The van der Waals surface area contributed by atoms with E-state index < -0.39 is 10.1 Å². The number of unbranched alkanes of at least 4 members (excludes halogenated alkanes) is 10. The van der Waals surface area contributed by atoms with Crippen molar-refractivity contribution in [2.24, 2.45) is 0 Å². The highest BCUT2D eigenvalue weighted by atomic mass is 32.2. The molecule has 0 N–H and O–H groups in total. The maximum atomic E-state index is 9.08. The summed E-state index contributed by atoms with van der Waals surface area (Å²) in [6.07, 6.45) is 23.1. The standard InChI is InChI=1S/C21H38N.CH4O3S/c1-3-5-7-8-9-10-11-12-13-14-18-22-19-16-21(17-20-22)15-6-4-2;1-5(2,3)4/h16-17,19-20H,3-15,18H2,1-2H3;1H3,(H,2,3,4)/q+1;/p-1. The first-order valence-corrected chi connectivity index (χ1v) is 12.6. The first kappa shape index (κ1) is 26.1. The van der Waals surface area contributed by atoms with Gasteiger partial charge in [-0.1, -0.05) is 71.6 Å². The molecule has 0 saturated carbocycles. The van der Waals surface area contributed by atoms with Crippen LogP contribution in [0.15, 0.2) is 24.5 Å². The molecule has 5 heteroatoms. The maximum Gasteiger partial charge on any atom is 0.169 e. The van der Waals surface area contributed by atoms with Crippen molar-refractivity contribution in [1.82, 2.24) is 0 Å². The van der Waals surface area contributed by atoms with Gasteiger partial charge in [0, 0.05) is 24.8 Å². The van der Waals surface area contributed by atoms with Gasteiger partial charge in [-0.3, -0.25) is 0 Å². The van der Waals surface area contributed by atoms with Crippen molar-refractivity contribution in [2.75, 3.05) is 6.26 Å². The molecule has 0 saturated heterocycles. The minimum Gasteiger partial charge on any atom is -0.748 e. The number of pyridine rings is 1. The zero-order valence-corrected chi connectivity index (χ0v) is 18.6. The molecule has 0 atom stereocenters. The summed E-state index contributed by atoms with van der Waals surface area (Å²) in [6, 6.07) is 4.60. The summed E-state index contributed by atoms with van der Waals surface area (Å²) in [6.45, 7) is 5.73. The van der Waals surface area contributed by atoms with Crippen molar-refractivity contribution >= 4 is 10.1 Å². The van der Waals surface area contributed by atoms with Gasteiger partial charge in [0.1, 0.15) is 6.54 Å². The van der Waals surface area contributed by atoms with Gasteiger partial charge in [-0.2, -0.15) is 0 Å². The molecule has 27 heavy (non-hydrogen) atoms. The Morgan fingerprint density at radius 1 is 0.778 bits per heavy atom. The lowest BCUT2D eigenvalue weighted by Gasteiger charge is -2.02. The Balaban J connectivity index is 0.00000119. The second-order valence-corrected chi connectivity index (χ2v) is 8.84. The molecule has 0 aliphatic heterocycles. The van der Waals surface area contributed by atoms with Crippen LogP contribution in [-0.4, -0.2) is 19.2 Å². The molecular formula is C22H41NO3S. The Hall–Kier alpha value is -0.940. The normalized spacial score (nSPS) is 11.1. The van der Waals surface area contributed by atoms with Gasteiger partial charge in [0.2, 0.25) is 0 Å². The Morgan fingerprint density at radius 3 is 1.63 bits per heavy atom. The van der Waals surface area contributed by atoms with Crippen molar-refractivity contribution in [3.8, 4) is 0 Å². The van der Waals surface area contributed by atoms with Crippen molar-refractivity contribution in [2.45, 2.75) is 104 Å². The molecule has 1 rings (SSSR count). The van der Waals surface area contributed by atoms with Gasteiger partial charge < -0.3 is 4.55 Å². The summed E-state index contributed by atoms with van der Waals surface area (Å²) in [5.74, 6) is 0. The second kappa shape index (κ2) is 17.2. The van der Waals surface area contributed by atoms with E-state index in [0.29, 0.717) is 6.26 Å². The number of aryl methyl sites for hydroxylation is 2. The zero-order valence-electron chi connectivity index (χ0n) is 17.8. The Morgan fingerprint density at radius 2 is 1.19 bits per heavy atom. The molecular weight excluding hydrogens is 358 g/mol. The van der Waals surface area contributed by atoms with Crippen molar-refractivity contribution < 1.29 is 17.5 Å². The highest BCUT2D eigenvalue weighted by Crippen LogP contribution is 2.10. The lowest BCUT2D eigenvalue weighted by Crippen LogP contribution is -2.32. The van der Waals surface area contributed by atoms with Gasteiger partial charge in [0.25, 0.3) is 0 Å². The quantitative estimate of drug-likeness (QED) is 0.239. The lowest BCUT2D eigenvalue weighted by atomic mass is 10.1. The Kier molecular flexibility index (Phi) is 16.6. The predicted molar refractivity (Wildman–Crippen MR) is 113 cm³/mol. The van der Waals surface area contributed by atoms with Crippen LogP contribution >= 0.6 is 0 Å². The molecule has 1 heterocycles. The SMILES string of the molecule is CCCCCCCCCCCC[n+]1ccc(CCCC)cc1.CS(=O)(=O)[O-]. The summed E-state index contributed by atoms with van der Waals surface area (Å²) in [4.78, 5) is 0. The third kappa shape index (κ3) is 21.2. The Labute approximate surface area is 168 Å². The number of hydrogen-bond acceptors (Lipinski definition) is 3. The van der Waals surface area contributed by atoms with Crippen LogP contribution in [0.25, 0.3) is 0 Å². The van der Waals surface area contributed by atoms with Gasteiger partial charge in [-0.15, -0.1) is 0 Å². The average molecular weight is 400 g/mol. The monoisotopic (exact) mass is 399 g/mol. The average Bonchev–Trinajstić information content (AvgIpc) is 2.61. The van der Waals surface area contributed by atoms with E-state index in [9.17, 15) is 0 Å². The summed E-state index contributed by atoms with van der Waals surface area (Å²) in [5, 5.41) is 0. The minimum absolute atomic E-state index is 0.604. The van der Waals surface area contributed by atoms with E-state index in [2.05, 4.69) is 42.9 Å². The molecule has 0 unspecified atom stereocenters. The van der Waals surface area contributed by atoms with Crippen LogP contribution in [-0.2, 0) is 23.1 Å². The molecule has 0 aromatic carbocycles. The van der Waals surface area contributed by atoms with Gasteiger partial charge in [-0.25, -0.2) is 13.0 Å². The zero-order chi connectivity index (χ0) is 20.4. The van der Waals surface area contributed by atoms with Gasteiger partial charge in [-0.05, 0) is 24.8 Å². The maximum absolute atomic E-state index is 9.08. The lowest BCUT2D eigenvalue weighted by molar-refractivity contribution is -0.697. The van der Waals surface area contributed by atoms with Crippen LogP contribution in [0.4, 0.5) is 0 Å². The van der Waals surface area contributed by atoms with Gasteiger partial charge in [0.05, 0.1) is 10.1 Å². The first-order chi connectivity index (χ1) is 12.9. The van der Waals surface area contributed by atoms with E-state index in [0.717, 1.165) is 0 Å². The van der Waals surface area contributed by atoms with E-state index in [1.165, 1.54) is 95.6 Å². The van der Waals surface area contributed by atoms with Crippen molar-refractivity contribution in [3.05, 3.63) is 30.1 Å².